The minimum Gasteiger partial charge on any atom is -0.454 e. The number of nitro groups is 1. The smallest absolute Gasteiger partial charge is 0.280 e. The second-order valence-corrected chi connectivity index (χ2v) is 10.0. The van der Waals surface area contributed by atoms with Gasteiger partial charge in [0.15, 0.2) is 0 Å². The molecule has 3 aromatic rings. The Kier molecular flexibility index (Phi) is 5.49. The van der Waals surface area contributed by atoms with Crippen LogP contribution in [-0.2, 0) is 11.3 Å². The Labute approximate surface area is 211 Å². The van der Waals surface area contributed by atoms with Gasteiger partial charge >= 0.3 is 0 Å². The first-order valence-corrected chi connectivity index (χ1v) is 12.8. The summed E-state index contributed by atoms with van der Waals surface area (Å²) < 4.78 is 6.04. The van der Waals surface area contributed by atoms with Crippen LogP contribution in [0, 0.1) is 17.0 Å². The number of aliphatic hydroxyl groups is 1. The van der Waals surface area contributed by atoms with E-state index in [9.17, 15) is 24.8 Å². The molecule has 0 saturated carbocycles. The van der Waals surface area contributed by atoms with E-state index in [4.69, 9.17) is 4.74 Å². The van der Waals surface area contributed by atoms with Crippen LogP contribution in [0.4, 0.5) is 5.69 Å². The predicted molar refractivity (Wildman–Crippen MR) is 134 cm³/mol. The standard InChI is InChI=1S/C26H25N3O6S/c1-5-13(2)15-9-10-17-19(11-15)35-26(32)21-16(7-6-8-18(21)29(33)34)23(30)25(17,26)28-24(31)22-14(3)20(36-4)12-27-22/h6-13,27,32H,5H2,1-4H3,(H,28,31). The van der Waals surface area contributed by atoms with Gasteiger partial charge in [-0.25, -0.2) is 0 Å². The summed E-state index contributed by atoms with van der Waals surface area (Å²) in [5, 5.41) is 26.7. The largest absolute Gasteiger partial charge is 0.454 e. The van der Waals surface area contributed by atoms with Crippen molar-refractivity contribution in [3.63, 3.8) is 0 Å². The summed E-state index contributed by atoms with van der Waals surface area (Å²) in [6.45, 7) is 5.84. The van der Waals surface area contributed by atoms with Crippen molar-refractivity contribution in [1.82, 2.24) is 10.3 Å². The molecular weight excluding hydrogens is 482 g/mol. The molecule has 2 heterocycles. The molecule has 0 radical (unpaired) electrons. The van der Waals surface area contributed by atoms with Crippen LogP contribution in [0.15, 0.2) is 47.5 Å². The van der Waals surface area contributed by atoms with E-state index in [1.807, 2.05) is 26.2 Å². The molecule has 1 aromatic heterocycles. The molecule has 3 atom stereocenters. The fourth-order valence-corrected chi connectivity index (χ4v) is 5.80. The zero-order chi connectivity index (χ0) is 26.0. The third-order valence-corrected chi connectivity index (χ3v) is 8.22. The minimum atomic E-state index is -2.52. The van der Waals surface area contributed by atoms with E-state index in [0.29, 0.717) is 5.56 Å². The number of H-pyrrole nitrogens is 1. The molecule has 3 N–H and O–H groups in total. The monoisotopic (exact) mass is 507 g/mol. The Balaban J connectivity index is 1.74. The first-order valence-electron chi connectivity index (χ1n) is 11.5. The van der Waals surface area contributed by atoms with Crippen LogP contribution >= 0.6 is 11.8 Å². The van der Waals surface area contributed by atoms with Crippen molar-refractivity contribution in [2.45, 2.75) is 49.3 Å². The van der Waals surface area contributed by atoms with E-state index in [0.717, 1.165) is 16.9 Å². The zero-order valence-corrected chi connectivity index (χ0v) is 21.0. The summed E-state index contributed by atoms with van der Waals surface area (Å²) in [5.74, 6) is -3.47. The lowest BCUT2D eigenvalue weighted by Crippen LogP contribution is -2.60. The van der Waals surface area contributed by atoms with E-state index in [1.54, 1.807) is 25.3 Å². The predicted octanol–water partition coefficient (Wildman–Crippen LogP) is 4.53. The molecule has 3 unspecified atom stereocenters. The number of carbonyl (C=O) groups is 2. The quantitative estimate of drug-likeness (QED) is 0.254. The van der Waals surface area contributed by atoms with Crippen molar-refractivity contribution in [2.75, 3.05) is 6.26 Å². The third-order valence-electron chi connectivity index (χ3n) is 7.36. The Hall–Kier alpha value is -3.63. The van der Waals surface area contributed by atoms with Crippen LogP contribution in [0.2, 0.25) is 0 Å². The molecular formula is C26H25N3O6S. The highest BCUT2D eigenvalue weighted by molar-refractivity contribution is 7.98. The summed E-state index contributed by atoms with van der Waals surface area (Å²) in [6, 6.07) is 9.19. The van der Waals surface area contributed by atoms with Crippen molar-refractivity contribution in [2.24, 2.45) is 0 Å². The molecule has 0 spiro atoms. The molecule has 186 valence electrons. The molecule has 1 amide bonds. The number of nitrogens with zero attached hydrogens (tertiary/aromatic N) is 1. The highest BCUT2D eigenvalue weighted by atomic mass is 32.2. The van der Waals surface area contributed by atoms with Gasteiger partial charge in [0.1, 0.15) is 17.0 Å². The van der Waals surface area contributed by atoms with Gasteiger partial charge in [-0.2, -0.15) is 0 Å². The first-order chi connectivity index (χ1) is 17.1. The number of ether oxygens (including phenoxy) is 1. The highest BCUT2D eigenvalue weighted by Gasteiger charge is 2.73. The van der Waals surface area contributed by atoms with Gasteiger partial charge in [-0.15, -0.1) is 11.8 Å². The van der Waals surface area contributed by atoms with Gasteiger partial charge in [0, 0.05) is 28.3 Å². The number of rotatable bonds is 6. The number of ketones is 1. The Morgan fingerprint density at radius 1 is 1.33 bits per heavy atom. The summed E-state index contributed by atoms with van der Waals surface area (Å²) in [6.07, 6.45) is 4.41. The number of thioether (sulfide) groups is 1. The van der Waals surface area contributed by atoms with E-state index in [-0.39, 0.29) is 34.1 Å². The lowest BCUT2D eigenvalue weighted by molar-refractivity contribution is -0.388. The molecule has 5 rings (SSSR count). The minimum absolute atomic E-state index is 0.0725. The van der Waals surface area contributed by atoms with E-state index in [2.05, 4.69) is 10.3 Å². The number of fused-ring (bicyclic) bond motifs is 5. The van der Waals surface area contributed by atoms with Gasteiger partial charge in [0.25, 0.3) is 17.4 Å². The summed E-state index contributed by atoms with van der Waals surface area (Å²) >= 11 is 1.46. The average molecular weight is 508 g/mol. The molecule has 1 aliphatic carbocycles. The van der Waals surface area contributed by atoms with Gasteiger partial charge in [-0.3, -0.25) is 19.7 Å². The molecule has 0 saturated heterocycles. The van der Waals surface area contributed by atoms with Crippen LogP contribution < -0.4 is 10.1 Å². The maximum atomic E-state index is 14.0. The number of Topliss-reactive ketones (excluding diaryl/α,β-unsaturated/α-hetero) is 1. The molecule has 1 aliphatic heterocycles. The molecule has 2 aromatic carbocycles. The Bertz CT molecular complexity index is 1450. The van der Waals surface area contributed by atoms with E-state index in [1.165, 1.54) is 30.0 Å². The molecule has 36 heavy (non-hydrogen) atoms. The Morgan fingerprint density at radius 2 is 2.08 bits per heavy atom. The maximum Gasteiger partial charge on any atom is 0.280 e. The fraction of sp³-hybridized carbons (Fsp3) is 0.308. The number of hydrogen-bond acceptors (Lipinski definition) is 7. The van der Waals surface area contributed by atoms with E-state index >= 15 is 0 Å². The number of aromatic nitrogens is 1. The topological polar surface area (TPSA) is 135 Å². The number of amides is 1. The van der Waals surface area contributed by atoms with Crippen LogP contribution in [-0.4, -0.2) is 33.0 Å². The molecule has 10 heteroatoms. The van der Waals surface area contributed by atoms with Gasteiger partial charge in [0.05, 0.1) is 4.92 Å². The average Bonchev–Trinajstić information content (AvgIpc) is 3.42. The molecule has 0 bridgehead atoms. The number of hydrogen-bond donors (Lipinski definition) is 3. The third kappa shape index (κ3) is 3.00. The molecule has 0 fully saturated rings. The Morgan fingerprint density at radius 3 is 2.72 bits per heavy atom. The highest BCUT2D eigenvalue weighted by Crippen LogP contribution is 2.60. The van der Waals surface area contributed by atoms with Crippen molar-refractivity contribution in [1.29, 1.82) is 0 Å². The van der Waals surface area contributed by atoms with Crippen molar-refractivity contribution >= 4 is 29.1 Å². The SMILES string of the molecule is CCC(C)c1ccc2c(c1)OC1(O)c3c(cccc3[N+](=O)[O-])C(=O)C21NC(=O)c1[nH]cc(SC)c1C. The summed E-state index contributed by atoms with van der Waals surface area (Å²) in [4.78, 5) is 42.6. The lowest BCUT2D eigenvalue weighted by Gasteiger charge is -2.34. The van der Waals surface area contributed by atoms with Gasteiger partial charge in [-0.05, 0) is 42.7 Å². The zero-order valence-electron chi connectivity index (χ0n) is 20.2. The van der Waals surface area contributed by atoms with Crippen LogP contribution in [0.3, 0.4) is 0 Å². The van der Waals surface area contributed by atoms with E-state index < -0.39 is 33.6 Å². The number of nitrogens with one attached hydrogen (secondary N) is 2. The number of carbonyl (C=O) groups excluding carboxylic acids is 2. The lowest BCUT2D eigenvalue weighted by atomic mass is 9.81. The second-order valence-electron chi connectivity index (χ2n) is 9.16. The molecule has 9 nitrogen and oxygen atoms in total. The van der Waals surface area contributed by atoms with Crippen LogP contribution in [0.1, 0.15) is 69.3 Å². The molecule has 2 aliphatic rings. The van der Waals surface area contributed by atoms with Gasteiger partial charge in [0.2, 0.25) is 11.3 Å². The fourth-order valence-electron chi connectivity index (χ4n) is 5.21. The second kappa shape index (κ2) is 8.21. The first kappa shape index (κ1) is 24.1. The van der Waals surface area contributed by atoms with Gasteiger partial charge < -0.3 is 20.1 Å². The summed E-state index contributed by atoms with van der Waals surface area (Å²) in [5.41, 5.74) is -0.851. The maximum absolute atomic E-state index is 14.0. The normalized spacial score (nSPS) is 22.4. The van der Waals surface area contributed by atoms with Gasteiger partial charge in [-0.1, -0.05) is 38.1 Å². The van der Waals surface area contributed by atoms with Crippen LogP contribution in [0.5, 0.6) is 5.75 Å². The van der Waals surface area contributed by atoms with Crippen molar-refractivity contribution in [3.8, 4) is 5.75 Å². The van der Waals surface area contributed by atoms with Crippen molar-refractivity contribution in [3.05, 3.63) is 86.2 Å². The summed E-state index contributed by atoms with van der Waals surface area (Å²) in [7, 11) is 0. The van der Waals surface area contributed by atoms with Crippen molar-refractivity contribution < 1.29 is 24.4 Å². The number of nitro benzene ring substituents is 1. The van der Waals surface area contributed by atoms with Crippen LogP contribution in [0.25, 0.3) is 0 Å². The number of benzene rings is 2. The number of aromatic amines is 1.